The Morgan fingerprint density at radius 3 is 2.62 bits per heavy atom. The molecule has 1 N–H and O–H groups in total. The number of carbonyl (C=O) groups excluding carboxylic acids is 1. The van der Waals surface area contributed by atoms with Crippen LogP contribution >= 0.6 is 0 Å². The maximum atomic E-state index is 11.0. The van der Waals surface area contributed by atoms with Crippen LogP contribution < -0.4 is 5.32 Å². The summed E-state index contributed by atoms with van der Waals surface area (Å²) in [5.41, 5.74) is 0. The molecule has 0 aromatic heterocycles. The molecule has 1 amide bonds. The summed E-state index contributed by atoms with van der Waals surface area (Å²) in [7, 11) is -3.03. The van der Waals surface area contributed by atoms with E-state index in [4.69, 9.17) is 0 Å². The molecule has 5 heteroatoms. The Labute approximate surface area is 78.9 Å². The van der Waals surface area contributed by atoms with Gasteiger partial charge in [0.15, 0.2) is 0 Å². The molecule has 0 rings (SSSR count). The van der Waals surface area contributed by atoms with Gasteiger partial charge in [0.25, 0.3) is 0 Å². The molecule has 0 aliphatic heterocycles. The van der Waals surface area contributed by atoms with Crippen LogP contribution in [-0.2, 0) is 14.6 Å². The topological polar surface area (TPSA) is 63.2 Å². The van der Waals surface area contributed by atoms with E-state index in [-0.39, 0.29) is 18.1 Å². The van der Waals surface area contributed by atoms with E-state index >= 15 is 0 Å². The van der Waals surface area contributed by atoms with Crippen LogP contribution in [-0.4, -0.2) is 32.9 Å². The monoisotopic (exact) mass is 205 g/mol. The molecule has 0 aromatic rings. The SMILES string of the molecule is C=CCCNC(=O)CCS(C)(=O)=O. The van der Waals surface area contributed by atoms with E-state index in [0.29, 0.717) is 13.0 Å². The van der Waals surface area contributed by atoms with Gasteiger partial charge >= 0.3 is 0 Å². The van der Waals surface area contributed by atoms with Gasteiger partial charge in [0.2, 0.25) is 5.91 Å². The fraction of sp³-hybridized carbons (Fsp3) is 0.625. The van der Waals surface area contributed by atoms with E-state index in [1.165, 1.54) is 0 Å². The summed E-state index contributed by atoms with van der Waals surface area (Å²) in [6.07, 6.45) is 3.54. The van der Waals surface area contributed by atoms with E-state index in [1.807, 2.05) is 0 Å². The minimum atomic E-state index is -3.03. The lowest BCUT2D eigenvalue weighted by Gasteiger charge is -2.01. The van der Waals surface area contributed by atoms with E-state index in [1.54, 1.807) is 6.08 Å². The number of amides is 1. The molecule has 0 aliphatic rings. The van der Waals surface area contributed by atoms with E-state index in [0.717, 1.165) is 6.26 Å². The zero-order chi connectivity index (χ0) is 10.3. The zero-order valence-electron chi connectivity index (χ0n) is 7.75. The van der Waals surface area contributed by atoms with Crippen molar-refractivity contribution in [3.05, 3.63) is 12.7 Å². The van der Waals surface area contributed by atoms with Gasteiger partial charge in [-0.05, 0) is 6.42 Å². The van der Waals surface area contributed by atoms with E-state index in [2.05, 4.69) is 11.9 Å². The van der Waals surface area contributed by atoms with E-state index < -0.39 is 9.84 Å². The number of hydrogen-bond acceptors (Lipinski definition) is 3. The lowest BCUT2D eigenvalue weighted by atomic mass is 10.4. The summed E-state index contributed by atoms with van der Waals surface area (Å²) in [5, 5.41) is 2.58. The Kier molecular flexibility index (Phi) is 5.37. The summed E-state index contributed by atoms with van der Waals surface area (Å²) in [4.78, 5) is 11.0. The second kappa shape index (κ2) is 5.75. The molecule has 0 fully saturated rings. The van der Waals surface area contributed by atoms with Crippen LogP contribution in [0.2, 0.25) is 0 Å². The predicted molar refractivity (Wildman–Crippen MR) is 52.2 cm³/mol. The highest BCUT2D eigenvalue weighted by molar-refractivity contribution is 7.90. The molecule has 4 nitrogen and oxygen atoms in total. The quantitative estimate of drug-likeness (QED) is 0.494. The van der Waals surface area contributed by atoms with Crippen molar-refractivity contribution in [2.75, 3.05) is 18.6 Å². The third-order valence-corrected chi connectivity index (χ3v) is 2.32. The van der Waals surface area contributed by atoms with Crippen LogP contribution in [0.3, 0.4) is 0 Å². The molecule has 76 valence electrons. The minimum absolute atomic E-state index is 0.0377. The van der Waals surface area contributed by atoms with Gasteiger partial charge in [0.05, 0.1) is 5.75 Å². The Bertz CT molecular complexity index is 269. The Balaban J connectivity index is 3.58. The first-order chi connectivity index (χ1) is 5.95. The first kappa shape index (κ1) is 12.2. The second-order valence-electron chi connectivity index (χ2n) is 2.81. The highest BCUT2D eigenvalue weighted by Gasteiger charge is 2.06. The van der Waals surface area contributed by atoms with Gasteiger partial charge in [-0.1, -0.05) is 6.08 Å². The molecular formula is C8H15NO3S. The summed E-state index contributed by atoms with van der Waals surface area (Å²) < 4.78 is 21.3. The summed E-state index contributed by atoms with van der Waals surface area (Å²) in [6, 6.07) is 0. The molecule has 0 aliphatic carbocycles. The molecule has 0 bridgehead atoms. The molecule has 0 unspecified atom stereocenters. The summed E-state index contributed by atoms with van der Waals surface area (Å²) >= 11 is 0. The van der Waals surface area contributed by atoms with Crippen LogP contribution in [0.5, 0.6) is 0 Å². The number of rotatable bonds is 6. The fourth-order valence-electron chi connectivity index (χ4n) is 0.680. The molecule has 0 atom stereocenters. The van der Waals surface area contributed by atoms with Crippen LogP contribution in [0, 0.1) is 0 Å². The van der Waals surface area contributed by atoms with Gasteiger partial charge in [-0.2, -0.15) is 0 Å². The molecular weight excluding hydrogens is 190 g/mol. The summed E-state index contributed by atoms with van der Waals surface area (Å²) in [5.74, 6) is -0.320. The molecule has 0 aromatic carbocycles. The molecule has 0 spiro atoms. The van der Waals surface area contributed by atoms with Gasteiger partial charge in [-0.25, -0.2) is 8.42 Å². The number of sulfone groups is 1. The highest BCUT2D eigenvalue weighted by atomic mass is 32.2. The average Bonchev–Trinajstić information content (AvgIpc) is 2.00. The van der Waals surface area contributed by atoms with Crippen LogP contribution in [0.15, 0.2) is 12.7 Å². The lowest BCUT2D eigenvalue weighted by molar-refractivity contribution is -0.120. The molecule has 13 heavy (non-hydrogen) atoms. The highest BCUT2D eigenvalue weighted by Crippen LogP contribution is 1.88. The average molecular weight is 205 g/mol. The Morgan fingerprint density at radius 2 is 2.15 bits per heavy atom. The first-order valence-electron chi connectivity index (χ1n) is 4.01. The fourth-order valence-corrected chi connectivity index (χ4v) is 1.24. The lowest BCUT2D eigenvalue weighted by Crippen LogP contribution is -2.26. The third kappa shape index (κ3) is 9.07. The largest absolute Gasteiger partial charge is 0.356 e. The summed E-state index contributed by atoms with van der Waals surface area (Å²) in [6.45, 7) is 4.02. The number of carbonyl (C=O) groups is 1. The van der Waals surface area contributed by atoms with Gasteiger partial charge in [-0.15, -0.1) is 6.58 Å². The van der Waals surface area contributed by atoms with Gasteiger partial charge in [0.1, 0.15) is 9.84 Å². The Hall–Kier alpha value is -0.840. The molecule has 0 saturated heterocycles. The van der Waals surface area contributed by atoms with Crippen molar-refractivity contribution in [3.63, 3.8) is 0 Å². The van der Waals surface area contributed by atoms with Gasteiger partial charge in [0, 0.05) is 19.2 Å². The van der Waals surface area contributed by atoms with Crippen molar-refractivity contribution in [1.29, 1.82) is 0 Å². The predicted octanol–water partition coefficient (Wildman–Crippen LogP) is 0.113. The van der Waals surface area contributed by atoms with E-state index in [9.17, 15) is 13.2 Å². The van der Waals surface area contributed by atoms with Gasteiger partial charge < -0.3 is 5.32 Å². The molecule has 0 radical (unpaired) electrons. The van der Waals surface area contributed by atoms with Crippen molar-refractivity contribution >= 4 is 15.7 Å². The van der Waals surface area contributed by atoms with Crippen LogP contribution in [0.1, 0.15) is 12.8 Å². The first-order valence-corrected chi connectivity index (χ1v) is 6.07. The molecule has 0 heterocycles. The number of hydrogen-bond donors (Lipinski definition) is 1. The molecule has 0 saturated carbocycles. The van der Waals surface area contributed by atoms with Crippen LogP contribution in [0.25, 0.3) is 0 Å². The number of nitrogens with one attached hydrogen (secondary N) is 1. The van der Waals surface area contributed by atoms with Gasteiger partial charge in [-0.3, -0.25) is 4.79 Å². The van der Waals surface area contributed by atoms with Crippen molar-refractivity contribution in [1.82, 2.24) is 5.32 Å². The van der Waals surface area contributed by atoms with Crippen LogP contribution in [0.4, 0.5) is 0 Å². The second-order valence-corrected chi connectivity index (χ2v) is 5.07. The zero-order valence-corrected chi connectivity index (χ0v) is 8.56. The maximum absolute atomic E-state index is 11.0. The van der Waals surface area contributed by atoms with Crippen molar-refractivity contribution in [2.45, 2.75) is 12.8 Å². The maximum Gasteiger partial charge on any atom is 0.221 e. The van der Waals surface area contributed by atoms with Crippen molar-refractivity contribution in [2.24, 2.45) is 0 Å². The van der Waals surface area contributed by atoms with Crippen molar-refractivity contribution < 1.29 is 13.2 Å². The van der Waals surface area contributed by atoms with Crippen molar-refractivity contribution in [3.8, 4) is 0 Å². The minimum Gasteiger partial charge on any atom is -0.356 e. The third-order valence-electron chi connectivity index (χ3n) is 1.37. The standard InChI is InChI=1S/C8H15NO3S/c1-3-4-6-9-8(10)5-7-13(2,11)12/h3H,1,4-7H2,2H3,(H,9,10). The Morgan fingerprint density at radius 1 is 1.54 bits per heavy atom. The smallest absolute Gasteiger partial charge is 0.221 e. The normalized spacial score (nSPS) is 10.8.